The Bertz CT molecular complexity index is 515. The van der Waals surface area contributed by atoms with Gasteiger partial charge in [-0.15, -0.1) is 0 Å². The Morgan fingerprint density at radius 1 is 1.43 bits per heavy atom. The molecule has 0 aromatic heterocycles. The molecule has 1 aliphatic carbocycles. The second-order valence-corrected chi connectivity index (χ2v) is 5.38. The predicted molar refractivity (Wildman–Crippen MR) is 79.6 cm³/mol. The number of ether oxygens (including phenoxy) is 1. The molecule has 6 nitrogen and oxygen atoms in total. The van der Waals surface area contributed by atoms with E-state index in [1.807, 2.05) is 29.6 Å². The fourth-order valence-corrected chi connectivity index (χ4v) is 1.92. The van der Waals surface area contributed by atoms with Gasteiger partial charge in [0.1, 0.15) is 6.04 Å². The molecular formula is C15H21N3O3. The number of carbonyl (C=O) groups is 2. The molecule has 0 bridgehead atoms. The molecule has 4 N–H and O–H groups in total. The summed E-state index contributed by atoms with van der Waals surface area (Å²) in [6.45, 7) is 3.04. The monoisotopic (exact) mass is 291 g/mol. The Morgan fingerprint density at radius 3 is 2.86 bits per heavy atom. The highest BCUT2D eigenvalue weighted by Crippen LogP contribution is 2.29. The van der Waals surface area contributed by atoms with Crippen LogP contribution in [-0.4, -0.2) is 24.6 Å². The van der Waals surface area contributed by atoms with Crippen molar-refractivity contribution in [2.45, 2.75) is 32.4 Å². The van der Waals surface area contributed by atoms with Crippen molar-refractivity contribution in [3.05, 3.63) is 29.8 Å². The average molecular weight is 291 g/mol. The Morgan fingerprint density at radius 2 is 2.19 bits per heavy atom. The fraction of sp³-hybridized carbons (Fsp3) is 0.467. The van der Waals surface area contributed by atoms with Crippen molar-refractivity contribution in [2.24, 2.45) is 11.7 Å². The van der Waals surface area contributed by atoms with Crippen molar-refractivity contribution in [1.82, 2.24) is 5.32 Å². The second kappa shape index (κ2) is 7.08. The molecule has 1 saturated carbocycles. The lowest BCUT2D eigenvalue weighted by molar-refractivity contribution is -0.120. The van der Waals surface area contributed by atoms with Gasteiger partial charge in [0.15, 0.2) is 0 Å². The van der Waals surface area contributed by atoms with Gasteiger partial charge in [0.2, 0.25) is 5.91 Å². The maximum absolute atomic E-state index is 11.6. The first kappa shape index (κ1) is 15.3. The number of hydrogen-bond acceptors (Lipinski definition) is 4. The molecule has 1 atom stereocenters. The number of hydrogen-bond donors (Lipinski definition) is 3. The van der Waals surface area contributed by atoms with Crippen LogP contribution in [0, 0.1) is 5.92 Å². The van der Waals surface area contributed by atoms with Crippen LogP contribution in [0.2, 0.25) is 0 Å². The van der Waals surface area contributed by atoms with Gasteiger partial charge >= 0.3 is 6.03 Å². The lowest BCUT2D eigenvalue weighted by Gasteiger charge is -2.14. The zero-order valence-corrected chi connectivity index (χ0v) is 12.1. The molecule has 2 rings (SSSR count). The molecule has 114 valence electrons. The van der Waals surface area contributed by atoms with Crippen LogP contribution in [-0.2, 0) is 16.1 Å². The molecular weight excluding hydrogens is 270 g/mol. The van der Waals surface area contributed by atoms with E-state index in [0.29, 0.717) is 6.61 Å². The summed E-state index contributed by atoms with van der Waals surface area (Å²) < 4.78 is 5.64. The van der Waals surface area contributed by atoms with Gasteiger partial charge in [-0.2, -0.15) is 0 Å². The predicted octanol–water partition coefficient (Wildman–Crippen LogP) is 1.61. The van der Waals surface area contributed by atoms with Crippen LogP contribution < -0.4 is 16.4 Å². The van der Waals surface area contributed by atoms with Gasteiger partial charge in [0.25, 0.3) is 0 Å². The van der Waals surface area contributed by atoms with Crippen LogP contribution >= 0.6 is 0 Å². The summed E-state index contributed by atoms with van der Waals surface area (Å²) in [5.74, 6) is 0.279. The van der Waals surface area contributed by atoms with Crippen molar-refractivity contribution in [1.29, 1.82) is 0 Å². The van der Waals surface area contributed by atoms with E-state index in [2.05, 4.69) is 5.32 Å². The molecule has 0 radical (unpaired) electrons. The van der Waals surface area contributed by atoms with E-state index in [1.54, 1.807) is 6.92 Å². The summed E-state index contributed by atoms with van der Waals surface area (Å²) in [6.07, 6.45) is 2.54. The molecule has 1 fully saturated rings. The van der Waals surface area contributed by atoms with Crippen LogP contribution in [0.4, 0.5) is 10.5 Å². The summed E-state index contributed by atoms with van der Waals surface area (Å²) in [4.78, 5) is 22.2. The quantitative estimate of drug-likeness (QED) is 0.711. The maximum atomic E-state index is 11.6. The molecule has 1 aliphatic rings. The highest BCUT2D eigenvalue weighted by atomic mass is 16.5. The lowest BCUT2D eigenvalue weighted by Crippen LogP contribution is -2.43. The fourth-order valence-electron chi connectivity index (χ4n) is 1.92. The number of anilines is 1. The Kier molecular flexibility index (Phi) is 5.16. The minimum absolute atomic E-state index is 0.460. The Hall–Kier alpha value is -2.08. The maximum Gasteiger partial charge on any atom is 0.318 e. The van der Waals surface area contributed by atoms with E-state index < -0.39 is 18.0 Å². The molecule has 21 heavy (non-hydrogen) atoms. The van der Waals surface area contributed by atoms with Crippen molar-refractivity contribution in [2.75, 3.05) is 11.9 Å². The standard InChI is InChI=1S/C15H21N3O3/c1-10(14(19)18-15(16)20)17-13-4-2-3-12(7-13)9-21-8-11-5-6-11/h2-4,7,10-11,17H,5-6,8-9H2,1H3,(H3,16,18,19,20)/t10-/m0/s1. The van der Waals surface area contributed by atoms with Gasteiger partial charge in [-0.1, -0.05) is 12.1 Å². The van der Waals surface area contributed by atoms with E-state index in [1.165, 1.54) is 12.8 Å². The van der Waals surface area contributed by atoms with Crippen molar-refractivity contribution in [3.63, 3.8) is 0 Å². The molecule has 1 aromatic rings. The largest absolute Gasteiger partial charge is 0.376 e. The topological polar surface area (TPSA) is 93.4 Å². The minimum atomic E-state index is -0.851. The highest BCUT2D eigenvalue weighted by molar-refractivity contribution is 5.97. The third kappa shape index (κ3) is 5.43. The zero-order valence-electron chi connectivity index (χ0n) is 12.1. The Labute approximate surface area is 124 Å². The number of nitrogens with one attached hydrogen (secondary N) is 2. The number of nitrogens with two attached hydrogens (primary N) is 1. The number of primary amides is 1. The van der Waals surface area contributed by atoms with Gasteiger partial charge in [-0.3, -0.25) is 10.1 Å². The third-order valence-electron chi connectivity index (χ3n) is 3.27. The third-order valence-corrected chi connectivity index (χ3v) is 3.27. The molecule has 1 aromatic carbocycles. The number of rotatable bonds is 7. The first-order chi connectivity index (χ1) is 10.0. The van der Waals surface area contributed by atoms with Gasteiger partial charge in [0, 0.05) is 12.3 Å². The van der Waals surface area contributed by atoms with Crippen LogP contribution in [0.1, 0.15) is 25.3 Å². The van der Waals surface area contributed by atoms with Gasteiger partial charge in [-0.25, -0.2) is 4.79 Å². The van der Waals surface area contributed by atoms with Crippen LogP contribution in [0.3, 0.4) is 0 Å². The summed E-state index contributed by atoms with van der Waals surface area (Å²) >= 11 is 0. The first-order valence-corrected chi connectivity index (χ1v) is 7.08. The number of imide groups is 1. The van der Waals surface area contributed by atoms with Crippen molar-refractivity contribution in [3.8, 4) is 0 Å². The summed E-state index contributed by atoms with van der Waals surface area (Å²) in [5.41, 5.74) is 6.76. The number of benzene rings is 1. The van der Waals surface area contributed by atoms with Gasteiger partial charge in [-0.05, 0) is 43.4 Å². The van der Waals surface area contributed by atoms with Gasteiger partial charge in [0.05, 0.1) is 6.61 Å². The Balaban J connectivity index is 1.84. The molecule has 0 spiro atoms. The molecule has 0 heterocycles. The first-order valence-electron chi connectivity index (χ1n) is 7.08. The van der Waals surface area contributed by atoms with Crippen LogP contribution in [0.15, 0.2) is 24.3 Å². The average Bonchev–Trinajstić information content (AvgIpc) is 3.22. The van der Waals surface area contributed by atoms with E-state index in [4.69, 9.17) is 10.5 Å². The van der Waals surface area contributed by atoms with E-state index >= 15 is 0 Å². The molecule has 3 amide bonds. The van der Waals surface area contributed by atoms with Crippen LogP contribution in [0.5, 0.6) is 0 Å². The van der Waals surface area contributed by atoms with E-state index in [0.717, 1.165) is 23.8 Å². The summed E-state index contributed by atoms with van der Waals surface area (Å²) in [6, 6.07) is 6.26. The SMILES string of the molecule is C[C@H](Nc1cccc(COCC2CC2)c1)C(=O)NC(N)=O. The lowest BCUT2D eigenvalue weighted by atomic mass is 10.2. The molecule has 0 aliphatic heterocycles. The van der Waals surface area contributed by atoms with E-state index in [9.17, 15) is 9.59 Å². The summed E-state index contributed by atoms with van der Waals surface area (Å²) in [7, 11) is 0. The highest BCUT2D eigenvalue weighted by Gasteiger charge is 2.21. The van der Waals surface area contributed by atoms with Crippen LogP contribution in [0.25, 0.3) is 0 Å². The van der Waals surface area contributed by atoms with E-state index in [-0.39, 0.29) is 0 Å². The number of urea groups is 1. The number of amides is 3. The zero-order chi connectivity index (χ0) is 15.2. The smallest absolute Gasteiger partial charge is 0.318 e. The van der Waals surface area contributed by atoms with Crippen molar-refractivity contribution < 1.29 is 14.3 Å². The molecule has 0 saturated heterocycles. The number of carbonyl (C=O) groups excluding carboxylic acids is 2. The minimum Gasteiger partial charge on any atom is -0.376 e. The van der Waals surface area contributed by atoms with Gasteiger partial charge < -0.3 is 15.8 Å². The summed E-state index contributed by atoms with van der Waals surface area (Å²) in [5, 5.41) is 5.07. The normalized spacial score (nSPS) is 15.3. The second-order valence-electron chi connectivity index (χ2n) is 5.38. The molecule has 0 unspecified atom stereocenters. The molecule has 6 heteroatoms. The van der Waals surface area contributed by atoms with Crippen molar-refractivity contribution >= 4 is 17.6 Å².